The average Bonchev–Trinajstić information content (AvgIpc) is 2.97. The fourth-order valence-electron chi connectivity index (χ4n) is 3.16. The van der Waals surface area contributed by atoms with Gasteiger partial charge in [0, 0.05) is 18.8 Å². The van der Waals surface area contributed by atoms with Crippen LogP contribution >= 0.6 is 11.8 Å². The van der Waals surface area contributed by atoms with Gasteiger partial charge in [-0.2, -0.15) is 0 Å². The first-order valence-electron chi connectivity index (χ1n) is 9.29. The normalized spacial score (nSPS) is 20.0. The van der Waals surface area contributed by atoms with Crippen molar-refractivity contribution in [2.45, 2.75) is 26.8 Å². The van der Waals surface area contributed by atoms with Crippen molar-refractivity contribution in [2.24, 2.45) is 0 Å². The van der Waals surface area contributed by atoms with Crippen LogP contribution in [0, 0.1) is 6.92 Å². The lowest BCUT2D eigenvalue weighted by molar-refractivity contribution is -0.150. The van der Waals surface area contributed by atoms with Gasteiger partial charge in [-0.05, 0) is 61.9 Å². The Balaban J connectivity index is 1.79. The van der Waals surface area contributed by atoms with E-state index in [4.69, 9.17) is 9.47 Å². The van der Waals surface area contributed by atoms with Gasteiger partial charge >= 0.3 is 5.97 Å². The second-order valence-corrected chi connectivity index (χ2v) is 7.61. The molecule has 2 fully saturated rings. The van der Waals surface area contributed by atoms with Gasteiger partial charge in [0.15, 0.2) is 0 Å². The van der Waals surface area contributed by atoms with E-state index in [1.807, 2.05) is 19.1 Å². The highest BCUT2D eigenvalue weighted by atomic mass is 32.2. The van der Waals surface area contributed by atoms with Gasteiger partial charge in [-0.25, -0.2) is 4.79 Å². The fraction of sp³-hybridized carbons (Fsp3) is 0.450. The molecule has 2 aliphatic rings. The summed E-state index contributed by atoms with van der Waals surface area (Å²) in [5.41, 5.74) is 2.99. The number of ether oxygens (including phenoxy) is 2. The SMILES string of the molecule is CCOC(=O)[C@@H](C)N1C(=O)S/C(=C/c2ccc(N3CCOCC3)cc2C)C1=O. The van der Waals surface area contributed by atoms with Crippen molar-refractivity contribution in [1.82, 2.24) is 4.90 Å². The summed E-state index contributed by atoms with van der Waals surface area (Å²) >= 11 is 0.845. The maximum Gasteiger partial charge on any atom is 0.329 e. The molecule has 2 saturated heterocycles. The van der Waals surface area contributed by atoms with E-state index in [0.29, 0.717) is 18.1 Å². The number of aryl methyl sites for hydroxylation is 1. The highest BCUT2D eigenvalue weighted by Gasteiger charge is 2.41. The first kappa shape index (κ1) is 20.4. The summed E-state index contributed by atoms with van der Waals surface area (Å²) < 4.78 is 10.3. The number of benzene rings is 1. The Morgan fingerprint density at radius 3 is 2.68 bits per heavy atom. The van der Waals surface area contributed by atoms with E-state index in [1.54, 1.807) is 13.0 Å². The van der Waals surface area contributed by atoms with Gasteiger partial charge in [0.05, 0.1) is 24.7 Å². The van der Waals surface area contributed by atoms with E-state index >= 15 is 0 Å². The molecule has 2 aliphatic heterocycles. The second kappa shape index (κ2) is 8.79. The van der Waals surface area contributed by atoms with Gasteiger partial charge in [-0.15, -0.1) is 0 Å². The summed E-state index contributed by atoms with van der Waals surface area (Å²) in [4.78, 5) is 40.4. The molecular weight excluding hydrogens is 380 g/mol. The van der Waals surface area contributed by atoms with Crippen LogP contribution in [0.4, 0.5) is 10.5 Å². The molecule has 0 aliphatic carbocycles. The summed E-state index contributed by atoms with van der Waals surface area (Å²) in [5.74, 6) is -1.05. The molecule has 0 spiro atoms. The van der Waals surface area contributed by atoms with Gasteiger partial charge in [0.1, 0.15) is 6.04 Å². The summed E-state index contributed by atoms with van der Waals surface area (Å²) in [6.07, 6.45) is 1.71. The van der Waals surface area contributed by atoms with E-state index in [1.165, 1.54) is 6.92 Å². The molecule has 0 aromatic heterocycles. The number of anilines is 1. The number of carbonyl (C=O) groups is 3. The number of imide groups is 1. The third kappa shape index (κ3) is 4.23. The van der Waals surface area contributed by atoms with Crippen LogP contribution in [0.25, 0.3) is 6.08 Å². The van der Waals surface area contributed by atoms with Crippen molar-refractivity contribution in [3.05, 3.63) is 34.2 Å². The predicted octanol–water partition coefficient (Wildman–Crippen LogP) is 2.82. The molecule has 150 valence electrons. The molecule has 0 radical (unpaired) electrons. The van der Waals surface area contributed by atoms with Gasteiger partial charge in [-0.1, -0.05) is 6.07 Å². The predicted molar refractivity (Wildman–Crippen MR) is 108 cm³/mol. The fourth-order valence-corrected chi connectivity index (χ4v) is 4.06. The number of hydrogen-bond acceptors (Lipinski definition) is 7. The number of amides is 2. The summed E-state index contributed by atoms with van der Waals surface area (Å²) in [6, 6.07) is 5.09. The van der Waals surface area contributed by atoms with Crippen LogP contribution in [0.1, 0.15) is 25.0 Å². The Morgan fingerprint density at radius 1 is 1.32 bits per heavy atom. The number of hydrogen-bond donors (Lipinski definition) is 0. The lowest BCUT2D eigenvalue weighted by Gasteiger charge is -2.29. The average molecular weight is 404 g/mol. The van der Waals surface area contributed by atoms with E-state index < -0.39 is 23.2 Å². The molecule has 7 nitrogen and oxygen atoms in total. The molecule has 0 bridgehead atoms. The van der Waals surface area contributed by atoms with Crippen LogP contribution in [-0.4, -0.2) is 61.0 Å². The van der Waals surface area contributed by atoms with E-state index in [-0.39, 0.29) is 6.61 Å². The van der Waals surface area contributed by atoms with E-state index in [2.05, 4.69) is 11.0 Å². The molecule has 2 heterocycles. The molecule has 28 heavy (non-hydrogen) atoms. The van der Waals surface area contributed by atoms with Crippen molar-refractivity contribution in [3.8, 4) is 0 Å². The summed E-state index contributed by atoms with van der Waals surface area (Å²) in [7, 11) is 0. The van der Waals surface area contributed by atoms with E-state index in [0.717, 1.165) is 46.6 Å². The van der Waals surface area contributed by atoms with Crippen molar-refractivity contribution in [1.29, 1.82) is 0 Å². The molecule has 1 atom stereocenters. The quantitative estimate of drug-likeness (QED) is 0.552. The van der Waals surface area contributed by atoms with Crippen molar-refractivity contribution >= 4 is 40.6 Å². The molecule has 2 amide bonds. The lowest BCUT2D eigenvalue weighted by atomic mass is 10.1. The molecular formula is C20H24N2O5S. The van der Waals surface area contributed by atoms with Crippen LogP contribution in [0.2, 0.25) is 0 Å². The standard InChI is InChI=1S/C20H24N2O5S/c1-4-27-19(24)14(3)22-18(23)17(28-20(22)25)12-15-5-6-16(11-13(15)2)21-7-9-26-10-8-21/h5-6,11-12,14H,4,7-10H2,1-3H3/b17-12+/t14-/m1/s1. The zero-order valence-electron chi connectivity index (χ0n) is 16.3. The number of rotatable bonds is 5. The monoisotopic (exact) mass is 404 g/mol. The van der Waals surface area contributed by atoms with Crippen molar-refractivity contribution in [2.75, 3.05) is 37.8 Å². The number of esters is 1. The first-order chi connectivity index (χ1) is 13.4. The Bertz CT molecular complexity index is 817. The minimum Gasteiger partial charge on any atom is -0.464 e. The minimum absolute atomic E-state index is 0.198. The topological polar surface area (TPSA) is 76.2 Å². The van der Waals surface area contributed by atoms with Crippen LogP contribution in [-0.2, 0) is 19.1 Å². The molecule has 1 aromatic rings. The maximum atomic E-state index is 12.7. The van der Waals surface area contributed by atoms with Crippen LogP contribution in [0.3, 0.4) is 0 Å². The Kier molecular flexibility index (Phi) is 6.41. The third-order valence-electron chi connectivity index (χ3n) is 4.75. The highest BCUT2D eigenvalue weighted by Crippen LogP contribution is 2.34. The largest absolute Gasteiger partial charge is 0.464 e. The lowest BCUT2D eigenvalue weighted by Crippen LogP contribution is -2.42. The smallest absolute Gasteiger partial charge is 0.329 e. The van der Waals surface area contributed by atoms with Gasteiger partial charge in [0.25, 0.3) is 11.1 Å². The van der Waals surface area contributed by atoms with Crippen LogP contribution < -0.4 is 4.90 Å². The van der Waals surface area contributed by atoms with Crippen molar-refractivity contribution < 1.29 is 23.9 Å². The van der Waals surface area contributed by atoms with Crippen LogP contribution in [0.15, 0.2) is 23.1 Å². The number of carbonyl (C=O) groups excluding carboxylic acids is 3. The second-order valence-electron chi connectivity index (χ2n) is 6.62. The Morgan fingerprint density at radius 2 is 2.04 bits per heavy atom. The zero-order chi connectivity index (χ0) is 20.3. The van der Waals surface area contributed by atoms with Crippen LogP contribution in [0.5, 0.6) is 0 Å². The third-order valence-corrected chi connectivity index (χ3v) is 5.64. The number of nitrogens with zero attached hydrogens (tertiary/aromatic N) is 2. The van der Waals surface area contributed by atoms with Crippen molar-refractivity contribution in [3.63, 3.8) is 0 Å². The van der Waals surface area contributed by atoms with Gasteiger partial charge in [0.2, 0.25) is 0 Å². The molecule has 8 heteroatoms. The summed E-state index contributed by atoms with van der Waals surface area (Å²) in [6.45, 7) is 8.48. The maximum absolute atomic E-state index is 12.7. The number of thioether (sulfide) groups is 1. The zero-order valence-corrected chi connectivity index (χ0v) is 17.1. The highest BCUT2D eigenvalue weighted by molar-refractivity contribution is 8.18. The molecule has 0 saturated carbocycles. The molecule has 0 unspecified atom stereocenters. The molecule has 3 rings (SSSR count). The Hall–Kier alpha value is -2.32. The minimum atomic E-state index is -0.942. The van der Waals surface area contributed by atoms with E-state index in [9.17, 15) is 14.4 Å². The first-order valence-corrected chi connectivity index (χ1v) is 10.1. The number of morpholine rings is 1. The molecule has 1 aromatic carbocycles. The Labute approximate surface area is 168 Å². The summed E-state index contributed by atoms with van der Waals surface area (Å²) in [5, 5.41) is -0.459. The molecule has 0 N–H and O–H groups in total. The van der Waals surface area contributed by atoms with Gasteiger partial charge < -0.3 is 14.4 Å². The van der Waals surface area contributed by atoms with Gasteiger partial charge in [-0.3, -0.25) is 14.5 Å².